The number of hydrogen-bond acceptors (Lipinski definition) is 3. The molecule has 2 aromatic carbocycles. The van der Waals surface area contributed by atoms with Gasteiger partial charge in [-0.2, -0.15) is 0 Å². The van der Waals surface area contributed by atoms with E-state index in [2.05, 4.69) is 24.1 Å². The number of rotatable bonds is 7. The quantitative estimate of drug-likeness (QED) is 0.757. The molecular formula is C22H29N3O2. The minimum absolute atomic E-state index is 0.420. The Morgan fingerprint density at radius 2 is 1.59 bits per heavy atom. The molecule has 0 atom stereocenters. The van der Waals surface area contributed by atoms with Gasteiger partial charge in [0.25, 0.3) is 0 Å². The van der Waals surface area contributed by atoms with Crippen LogP contribution < -0.4 is 10.2 Å². The monoisotopic (exact) mass is 367 g/mol. The van der Waals surface area contributed by atoms with E-state index in [0.29, 0.717) is 18.8 Å². The average molecular weight is 367 g/mol. The first-order valence-electron chi connectivity index (χ1n) is 9.49. The molecule has 144 valence electrons. The minimum Gasteiger partial charge on any atom is -0.372 e. The van der Waals surface area contributed by atoms with Crippen LogP contribution in [0.15, 0.2) is 48.5 Å². The second-order valence-electron chi connectivity index (χ2n) is 6.43. The van der Waals surface area contributed by atoms with E-state index in [1.165, 1.54) is 0 Å². The number of amides is 2. The van der Waals surface area contributed by atoms with Crippen molar-refractivity contribution in [3.05, 3.63) is 59.7 Å². The highest BCUT2D eigenvalue weighted by Gasteiger charge is 2.21. The van der Waals surface area contributed by atoms with Gasteiger partial charge < -0.3 is 15.1 Å². The third-order valence-corrected chi connectivity index (χ3v) is 4.67. The molecule has 0 radical (unpaired) electrons. The van der Waals surface area contributed by atoms with E-state index in [1.54, 1.807) is 4.90 Å². The van der Waals surface area contributed by atoms with E-state index >= 15 is 0 Å². The molecule has 0 bridgehead atoms. The summed E-state index contributed by atoms with van der Waals surface area (Å²) in [6.45, 7) is 10.8. The fourth-order valence-electron chi connectivity index (χ4n) is 3.02. The molecule has 0 fully saturated rings. The highest BCUT2D eigenvalue weighted by atomic mass is 16.2. The number of carbonyl (C=O) groups excluding carboxylic acids is 2. The summed E-state index contributed by atoms with van der Waals surface area (Å²) in [5.74, 6) is -1.12. The van der Waals surface area contributed by atoms with Crippen LogP contribution in [-0.2, 0) is 16.1 Å². The van der Waals surface area contributed by atoms with Crippen LogP contribution in [0.5, 0.6) is 0 Å². The third kappa shape index (κ3) is 5.33. The second kappa shape index (κ2) is 9.76. The van der Waals surface area contributed by atoms with Crippen molar-refractivity contribution in [1.29, 1.82) is 0 Å². The van der Waals surface area contributed by atoms with Gasteiger partial charge in [0.15, 0.2) is 0 Å². The van der Waals surface area contributed by atoms with E-state index < -0.39 is 11.8 Å². The van der Waals surface area contributed by atoms with E-state index in [9.17, 15) is 9.59 Å². The number of carbonyl (C=O) groups is 2. The van der Waals surface area contributed by atoms with Crippen LogP contribution in [0.3, 0.4) is 0 Å². The number of anilines is 2. The predicted molar refractivity (Wildman–Crippen MR) is 111 cm³/mol. The van der Waals surface area contributed by atoms with Crippen LogP contribution in [0, 0.1) is 6.92 Å². The lowest BCUT2D eigenvalue weighted by atomic mass is 10.1. The van der Waals surface area contributed by atoms with Crippen LogP contribution in [0.25, 0.3) is 0 Å². The van der Waals surface area contributed by atoms with Gasteiger partial charge in [-0.1, -0.05) is 30.3 Å². The second-order valence-corrected chi connectivity index (χ2v) is 6.43. The first-order valence-corrected chi connectivity index (χ1v) is 9.49. The van der Waals surface area contributed by atoms with Gasteiger partial charge in [-0.3, -0.25) is 9.59 Å². The van der Waals surface area contributed by atoms with Gasteiger partial charge in [0.1, 0.15) is 0 Å². The highest BCUT2D eigenvalue weighted by molar-refractivity contribution is 6.39. The van der Waals surface area contributed by atoms with Crippen molar-refractivity contribution in [2.24, 2.45) is 0 Å². The van der Waals surface area contributed by atoms with Crippen molar-refractivity contribution in [2.75, 3.05) is 29.9 Å². The fraction of sp³-hybridized carbons (Fsp3) is 0.364. The molecule has 0 aliphatic carbocycles. The van der Waals surface area contributed by atoms with Crippen molar-refractivity contribution >= 4 is 23.2 Å². The normalized spacial score (nSPS) is 10.4. The zero-order valence-electron chi connectivity index (χ0n) is 16.7. The summed E-state index contributed by atoms with van der Waals surface area (Å²) in [6, 6.07) is 15.5. The lowest BCUT2D eigenvalue weighted by Crippen LogP contribution is -2.39. The van der Waals surface area contributed by atoms with Crippen molar-refractivity contribution in [1.82, 2.24) is 4.90 Å². The molecule has 5 heteroatoms. The Kier molecular flexibility index (Phi) is 7.41. The van der Waals surface area contributed by atoms with Gasteiger partial charge in [-0.25, -0.2) is 0 Å². The number of hydrogen-bond donors (Lipinski definition) is 1. The molecule has 2 aromatic rings. The Labute approximate surface area is 162 Å². The lowest BCUT2D eigenvalue weighted by Gasteiger charge is -2.23. The SMILES string of the molecule is CCN(Cc1ccccc1)C(=O)C(=O)Nc1ccc(N(CC)CC)cc1C. The number of nitrogens with one attached hydrogen (secondary N) is 1. The molecule has 0 heterocycles. The van der Waals surface area contributed by atoms with Crippen LogP contribution >= 0.6 is 0 Å². The van der Waals surface area contributed by atoms with Gasteiger partial charge in [0.05, 0.1) is 0 Å². The summed E-state index contributed by atoms with van der Waals surface area (Å²) in [5.41, 5.74) is 3.72. The molecule has 0 aliphatic rings. The number of nitrogens with zero attached hydrogens (tertiary/aromatic N) is 2. The van der Waals surface area contributed by atoms with Crippen molar-refractivity contribution < 1.29 is 9.59 Å². The third-order valence-electron chi connectivity index (χ3n) is 4.67. The summed E-state index contributed by atoms with van der Waals surface area (Å²) >= 11 is 0. The zero-order chi connectivity index (χ0) is 19.8. The Morgan fingerprint density at radius 1 is 0.926 bits per heavy atom. The van der Waals surface area contributed by atoms with Gasteiger partial charge in [0.2, 0.25) is 0 Å². The summed E-state index contributed by atoms with van der Waals surface area (Å²) in [5, 5.41) is 2.76. The van der Waals surface area contributed by atoms with Crippen molar-refractivity contribution in [3.8, 4) is 0 Å². The van der Waals surface area contributed by atoms with Crippen molar-refractivity contribution in [3.63, 3.8) is 0 Å². The summed E-state index contributed by atoms with van der Waals surface area (Å²) in [4.78, 5) is 28.8. The Hall–Kier alpha value is -2.82. The standard InChI is InChI=1S/C22H29N3O2/c1-5-24(6-2)19-13-14-20(17(4)15-19)23-21(26)22(27)25(7-3)16-18-11-9-8-10-12-18/h8-15H,5-7,16H2,1-4H3,(H,23,26). The smallest absolute Gasteiger partial charge is 0.313 e. The molecule has 0 aliphatic heterocycles. The van der Waals surface area contributed by atoms with E-state index in [0.717, 1.165) is 29.9 Å². The molecule has 2 amide bonds. The van der Waals surface area contributed by atoms with Gasteiger partial charge in [-0.05, 0) is 57.0 Å². The van der Waals surface area contributed by atoms with Gasteiger partial charge >= 0.3 is 11.8 Å². The Morgan fingerprint density at radius 3 is 2.15 bits per heavy atom. The van der Waals surface area contributed by atoms with Crippen molar-refractivity contribution in [2.45, 2.75) is 34.2 Å². The molecular weight excluding hydrogens is 338 g/mol. The van der Waals surface area contributed by atoms with Crippen LogP contribution in [-0.4, -0.2) is 36.3 Å². The summed E-state index contributed by atoms with van der Waals surface area (Å²) < 4.78 is 0. The molecule has 0 aromatic heterocycles. The largest absolute Gasteiger partial charge is 0.372 e. The Balaban J connectivity index is 2.07. The fourth-order valence-corrected chi connectivity index (χ4v) is 3.02. The van der Waals surface area contributed by atoms with E-state index in [1.807, 2.05) is 62.4 Å². The number of likely N-dealkylation sites (N-methyl/N-ethyl adjacent to an activating group) is 1. The average Bonchev–Trinajstić information content (AvgIpc) is 2.69. The first kappa shape index (κ1) is 20.5. The zero-order valence-corrected chi connectivity index (χ0v) is 16.7. The van der Waals surface area contributed by atoms with E-state index in [4.69, 9.17) is 0 Å². The van der Waals surface area contributed by atoms with Crippen LogP contribution in [0.1, 0.15) is 31.9 Å². The van der Waals surface area contributed by atoms with Crippen LogP contribution in [0.2, 0.25) is 0 Å². The molecule has 2 rings (SSSR count). The maximum Gasteiger partial charge on any atom is 0.313 e. The predicted octanol–water partition coefficient (Wildman–Crippen LogP) is 3.83. The highest BCUT2D eigenvalue weighted by Crippen LogP contribution is 2.22. The maximum absolute atomic E-state index is 12.6. The molecule has 0 saturated heterocycles. The summed E-state index contributed by atoms with van der Waals surface area (Å²) in [6.07, 6.45) is 0. The number of benzene rings is 2. The van der Waals surface area contributed by atoms with E-state index in [-0.39, 0.29) is 0 Å². The van der Waals surface area contributed by atoms with Gasteiger partial charge in [-0.15, -0.1) is 0 Å². The topological polar surface area (TPSA) is 52.7 Å². The van der Waals surface area contributed by atoms with Crippen LogP contribution in [0.4, 0.5) is 11.4 Å². The lowest BCUT2D eigenvalue weighted by molar-refractivity contribution is -0.143. The molecule has 1 N–H and O–H groups in total. The molecule has 0 unspecified atom stereocenters. The van der Waals surface area contributed by atoms with Gasteiger partial charge in [0, 0.05) is 37.6 Å². The first-order chi connectivity index (χ1) is 13.0. The molecule has 0 saturated carbocycles. The molecule has 0 spiro atoms. The summed E-state index contributed by atoms with van der Waals surface area (Å²) in [7, 11) is 0. The minimum atomic E-state index is -0.605. The Bertz CT molecular complexity index is 770. The maximum atomic E-state index is 12.6. The number of aryl methyl sites for hydroxylation is 1. The molecule has 5 nitrogen and oxygen atoms in total. The molecule has 27 heavy (non-hydrogen) atoms.